The lowest BCUT2D eigenvalue weighted by molar-refractivity contribution is -0.554. The second kappa shape index (κ2) is 14.6. The van der Waals surface area contributed by atoms with Crippen LogP contribution in [0.5, 0.6) is 0 Å². The zero-order valence-electron chi connectivity index (χ0n) is 22.9. The molecule has 0 fully saturated rings. The van der Waals surface area contributed by atoms with Crippen molar-refractivity contribution >= 4 is 0 Å². The Morgan fingerprint density at radius 1 is 0.432 bits per heavy atom. The van der Waals surface area contributed by atoms with Crippen molar-refractivity contribution in [2.75, 3.05) is 13.2 Å². The summed E-state index contributed by atoms with van der Waals surface area (Å²) in [5.74, 6) is -5.06. The van der Waals surface area contributed by atoms with Crippen molar-refractivity contribution in [2.24, 2.45) is 0 Å². The third-order valence-electron chi connectivity index (χ3n) is 5.91. The predicted octanol–water partition coefficient (Wildman–Crippen LogP) is 9.72. The van der Waals surface area contributed by atoms with Crippen molar-refractivity contribution in [3.05, 3.63) is 0 Å². The summed E-state index contributed by atoms with van der Waals surface area (Å²) >= 11 is 0. The Kier molecular flexibility index (Phi) is 14.1. The highest BCUT2D eigenvalue weighted by Gasteiger charge is 2.89. The molecule has 0 aliphatic rings. The highest BCUT2D eigenvalue weighted by molar-refractivity contribution is 5.06. The number of alkyl halides is 18. The fraction of sp³-hybridized carbons (Fsp3) is 1.00. The Morgan fingerprint density at radius 2 is 0.750 bits per heavy atom. The molecule has 1 unspecified atom stereocenters. The highest BCUT2D eigenvalue weighted by atomic mass is 19.4. The van der Waals surface area contributed by atoms with Crippen molar-refractivity contribution in [3.8, 4) is 0 Å². The third-order valence-corrected chi connectivity index (χ3v) is 5.91. The normalized spacial score (nSPS) is 16.0. The molecular weight excluding hydrogens is 670 g/mol. The fourth-order valence-corrected chi connectivity index (χ4v) is 3.94. The summed E-state index contributed by atoms with van der Waals surface area (Å²) in [6, 6.07) is 0. The van der Waals surface area contributed by atoms with Gasteiger partial charge in [0, 0.05) is 13.2 Å². The van der Waals surface area contributed by atoms with E-state index in [-0.39, 0.29) is 19.3 Å². The first kappa shape index (κ1) is 42.6. The maximum atomic E-state index is 13.7. The molecule has 0 aliphatic carbocycles. The maximum Gasteiger partial charge on any atom is 0.436 e. The van der Waals surface area contributed by atoms with Crippen molar-refractivity contribution < 1.29 is 98.0 Å². The summed E-state index contributed by atoms with van der Waals surface area (Å²) in [5, 5.41) is 0. The predicted molar refractivity (Wildman–Crippen MR) is 112 cm³/mol. The molecule has 0 bridgehead atoms. The minimum Gasteiger partial charge on any atom is -0.339 e. The van der Waals surface area contributed by atoms with Crippen LogP contribution >= 0.6 is 0 Å². The molecule has 0 radical (unpaired) electrons. The van der Waals surface area contributed by atoms with Crippen LogP contribution in [0.25, 0.3) is 0 Å². The van der Waals surface area contributed by atoms with Gasteiger partial charge in [-0.15, -0.1) is 0 Å². The quantitative estimate of drug-likeness (QED) is 0.0915. The number of hydrogen-bond donors (Lipinski definition) is 0. The minimum absolute atomic E-state index is 0.0260. The monoisotopic (exact) mass is 698 g/mol. The zero-order chi connectivity index (χ0) is 35.3. The molecule has 0 aromatic carbocycles. The second-order valence-electron chi connectivity index (χ2n) is 9.08. The Hall–Kier alpha value is -1.42. The van der Waals surface area contributed by atoms with Gasteiger partial charge in [-0.05, 0) is 20.3 Å². The number of halogens is 18. The molecule has 0 spiro atoms. The first-order valence-corrected chi connectivity index (χ1v) is 12.6. The lowest BCUT2D eigenvalue weighted by Crippen LogP contribution is -2.74. The van der Waals surface area contributed by atoms with E-state index >= 15 is 0 Å². The van der Waals surface area contributed by atoms with Crippen LogP contribution in [-0.2, 0) is 18.9 Å². The Bertz CT molecular complexity index is 776. The molecule has 0 saturated heterocycles. The fourth-order valence-electron chi connectivity index (χ4n) is 3.94. The summed E-state index contributed by atoms with van der Waals surface area (Å²) in [6.07, 6.45) is -51.7. The highest BCUT2D eigenvalue weighted by Crippen LogP contribution is 2.60. The Balaban J connectivity index is 7.85. The molecule has 4 nitrogen and oxygen atoms in total. The average molecular weight is 698 g/mol. The standard InChI is InChI=1S/C22H28F18O4/c1-4-7-8-9-10-11-12-13(43-15(17(23,24)25,18(26,27)28)19(29,30)31)14(41-5-2,42-6-3)44-16(20(32,33)34,21(35,36)37)22(38,39)40/h13H,4-12H2,1-3H3. The van der Waals surface area contributed by atoms with E-state index < -0.39 is 86.4 Å². The molecule has 266 valence electrons. The molecule has 0 amide bonds. The average Bonchev–Trinajstić information content (AvgIpc) is 2.76. The van der Waals surface area contributed by atoms with Gasteiger partial charge in [0.25, 0.3) is 0 Å². The number of unbranched alkanes of at least 4 members (excludes halogenated alkanes) is 5. The van der Waals surface area contributed by atoms with Crippen molar-refractivity contribution in [3.63, 3.8) is 0 Å². The molecule has 0 N–H and O–H groups in total. The van der Waals surface area contributed by atoms with E-state index in [0.29, 0.717) is 26.7 Å². The lowest BCUT2D eigenvalue weighted by atomic mass is 9.98. The number of hydrogen-bond acceptors (Lipinski definition) is 4. The molecule has 0 saturated carbocycles. The van der Waals surface area contributed by atoms with Crippen molar-refractivity contribution in [1.29, 1.82) is 0 Å². The van der Waals surface area contributed by atoms with Gasteiger partial charge in [0.05, 0.1) is 0 Å². The van der Waals surface area contributed by atoms with Gasteiger partial charge in [-0.1, -0.05) is 45.4 Å². The van der Waals surface area contributed by atoms with Crippen LogP contribution in [0.4, 0.5) is 79.0 Å². The molecule has 1 atom stereocenters. The summed E-state index contributed by atoms with van der Waals surface area (Å²) in [4.78, 5) is 0. The molecule has 0 heterocycles. The van der Waals surface area contributed by atoms with E-state index in [1.807, 2.05) is 0 Å². The molecule has 0 rings (SSSR count). The Labute approximate surface area is 238 Å². The van der Waals surface area contributed by atoms with Crippen LogP contribution in [-0.4, -0.2) is 73.6 Å². The third kappa shape index (κ3) is 8.68. The van der Waals surface area contributed by atoms with Gasteiger partial charge in [0.2, 0.25) is 0 Å². The summed E-state index contributed by atoms with van der Waals surface area (Å²) in [7, 11) is 0. The van der Waals surface area contributed by atoms with E-state index in [0.717, 1.165) is 0 Å². The largest absolute Gasteiger partial charge is 0.436 e. The van der Waals surface area contributed by atoms with Gasteiger partial charge < -0.3 is 14.2 Å². The van der Waals surface area contributed by atoms with E-state index in [1.165, 1.54) is 0 Å². The molecule has 44 heavy (non-hydrogen) atoms. The SMILES string of the molecule is CCCCCCCCC(OC(C(F)(F)F)(C(F)(F)F)C(F)(F)F)C(OCC)(OCC)OC(C(F)(F)F)(C(F)(F)F)C(F)(F)F. The summed E-state index contributed by atoms with van der Waals surface area (Å²) in [5.41, 5.74) is -14.9. The van der Waals surface area contributed by atoms with Crippen LogP contribution in [0.15, 0.2) is 0 Å². The molecular formula is C22H28F18O4. The van der Waals surface area contributed by atoms with Crippen molar-refractivity contribution in [1.82, 2.24) is 0 Å². The van der Waals surface area contributed by atoms with Gasteiger partial charge in [0.1, 0.15) is 6.10 Å². The topological polar surface area (TPSA) is 36.9 Å². The van der Waals surface area contributed by atoms with Gasteiger partial charge in [-0.2, -0.15) is 79.0 Å². The summed E-state index contributed by atoms with van der Waals surface area (Å²) in [6.45, 7) is -0.215. The number of rotatable bonds is 16. The van der Waals surface area contributed by atoms with Gasteiger partial charge in [-0.25, -0.2) is 0 Å². The van der Waals surface area contributed by atoms with Crippen molar-refractivity contribution in [2.45, 2.75) is 126 Å². The maximum absolute atomic E-state index is 13.7. The van der Waals surface area contributed by atoms with E-state index in [2.05, 4.69) is 18.9 Å². The minimum atomic E-state index is -7.66. The number of ether oxygens (including phenoxy) is 4. The van der Waals surface area contributed by atoms with Crippen LogP contribution < -0.4 is 0 Å². The smallest absolute Gasteiger partial charge is 0.339 e. The zero-order valence-corrected chi connectivity index (χ0v) is 22.9. The molecule has 0 aromatic heterocycles. The van der Waals surface area contributed by atoms with Gasteiger partial charge in [0.15, 0.2) is 0 Å². The van der Waals surface area contributed by atoms with E-state index in [4.69, 9.17) is 0 Å². The van der Waals surface area contributed by atoms with E-state index in [1.54, 1.807) is 6.92 Å². The van der Waals surface area contributed by atoms with Gasteiger partial charge in [-0.3, -0.25) is 4.74 Å². The van der Waals surface area contributed by atoms with Crippen LogP contribution in [0.1, 0.15) is 65.7 Å². The summed E-state index contributed by atoms with van der Waals surface area (Å²) < 4.78 is 262. The second-order valence-corrected chi connectivity index (χ2v) is 9.08. The lowest BCUT2D eigenvalue weighted by Gasteiger charge is -2.49. The van der Waals surface area contributed by atoms with E-state index in [9.17, 15) is 79.0 Å². The molecule has 22 heteroatoms. The first-order valence-electron chi connectivity index (χ1n) is 12.6. The van der Waals surface area contributed by atoms with Gasteiger partial charge >= 0.3 is 54.2 Å². The Morgan fingerprint density at radius 3 is 1.05 bits per heavy atom. The van der Waals surface area contributed by atoms with Crippen LogP contribution in [0.2, 0.25) is 0 Å². The first-order chi connectivity index (χ1) is 19.5. The van der Waals surface area contributed by atoms with Crippen LogP contribution in [0.3, 0.4) is 0 Å². The molecule has 0 aromatic rings. The molecule has 0 aliphatic heterocycles. The van der Waals surface area contributed by atoms with Crippen LogP contribution in [0, 0.1) is 0 Å².